The highest BCUT2D eigenvalue weighted by molar-refractivity contribution is 6.32. The first-order valence-electron chi connectivity index (χ1n) is 10.6. The molecule has 8 nitrogen and oxygen atoms in total. The quantitative estimate of drug-likeness (QED) is 0.428. The van der Waals surface area contributed by atoms with Crippen LogP contribution in [-0.2, 0) is 11.8 Å². The van der Waals surface area contributed by atoms with Gasteiger partial charge in [-0.15, -0.1) is 0 Å². The zero-order chi connectivity index (χ0) is 24.7. The minimum Gasteiger partial charge on any atom is -0.497 e. The largest absolute Gasteiger partial charge is 0.497 e. The second-order valence-electron chi connectivity index (χ2n) is 7.28. The van der Waals surface area contributed by atoms with Crippen LogP contribution in [-0.4, -0.2) is 43.4 Å². The summed E-state index contributed by atoms with van der Waals surface area (Å²) in [7, 11) is 6.55. The molecule has 9 heteroatoms. The van der Waals surface area contributed by atoms with Crippen LogP contribution in [0.1, 0.15) is 29.9 Å². The van der Waals surface area contributed by atoms with Gasteiger partial charge in [-0.2, -0.15) is 0 Å². The summed E-state index contributed by atoms with van der Waals surface area (Å²) in [4.78, 5) is 17.4. The van der Waals surface area contributed by atoms with Crippen molar-refractivity contribution >= 4 is 23.6 Å². The van der Waals surface area contributed by atoms with Crippen molar-refractivity contribution in [2.75, 3.05) is 27.9 Å². The van der Waals surface area contributed by atoms with Crippen LogP contribution in [0.5, 0.6) is 23.0 Å². The topological polar surface area (TPSA) is 83.8 Å². The number of hydrogen-bond donors (Lipinski definition) is 1. The Balaban J connectivity index is 1.90. The number of amides is 1. The maximum absolute atomic E-state index is 12.9. The molecule has 1 unspecified atom stereocenters. The molecule has 0 spiro atoms. The third-order valence-corrected chi connectivity index (χ3v) is 5.36. The fourth-order valence-corrected chi connectivity index (χ4v) is 3.70. The molecule has 0 aliphatic carbocycles. The number of ether oxygens (including phenoxy) is 4. The summed E-state index contributed by atoms with van der Waals surface area (Å²) in [6.45, 7) is 2.32. The molecule has 2 aromatic carbocycles. The number of carbonyl (C=O) groups excluding carboxylic acids is 1. The number of rotatable bonds is 10. The van der Waals surface area contributed by atoms with E-state index in [9.17, 15) is 4.79 Å². The Kier molecular flexibility index (Phi) is 8.43. The molecule has 1 amide bonds. The van der Waals surface area contributed by atoms with Crippen LogP contribution in [0.25, 0.3) is 6.08 Å². The van der Waals surface area contributed by atoms with E-state index < -0.39 is 6.04 Å². The molecule has 34 heavy (non-hydrogen) atoms. The van der Waals surface area contributed by atoms with Crippen LogP contribution in [0.15, 0.2) is 48.8 Å². The molecule has 0 bridgehead atoms. The molecule has 1 atom stereocenters. The number of aryl methyl sites for hydroxylation is 1. The van der Waals surface area contributed by atoms with Gasteiger partial charge in [0.25, 0.3) is 0 Å². The highest BCUT2D eigenvalue weighted by Gasteiger charge is 2.22. The van der Waals surface area contributed by atoms with Gasteiger partial charge in [0.2, 0.25) is 5.91 Å². The molecule has 0 saturated carbocycles. The third-order valence-electron chi connectivity index (χ3n) is 5.08. The maximum atomic E-state index is 12.9. The van der Waals surface area contributed by atoms with Crippen LogP contribution in [0.2, 0.25) is 5.02 Å². The van der Waals surface area contributed by atoms with E-state index in [1.165, 1.54) is 13.2 Å². The Hall–Kier alpha value is -3.65. The summed E-state index contributed by atoms with van der Waals surface area (Å²) in [6.07, 6.45) is 6.58. The van der Waals surface area contributed by atoms with Gasteiger partial charge in [0.05, 0.1) is 33.0 Å². The van der Waals surface area contributed by atoms with Crippen molar-refractivity contribution in [3.63, 3.8) is 0 Å². The Morgan fingerprint density at radius 2 is 1.82 bits per heavy atom. The molecule has 1 N–H and O–H groups in total. The molecule has 180 valence electrons. The molecular weight excluding hydrogens is 458 g/mol. The van der Waals surface area contributed by atoms with Crippen molar-refractivity contribution in [2.45, 2.75) is 13.0 Å². The molecule has 0 aliphatic rings. The van der Waals surface area contributed by atoms with E-state index in [4.69, 9.17) is 30.5 Å². The average molecular weight is 486 g/mol. The van der Waals surface area contributed by atoms with Crippen molar-refractivity contribution < 1.29 is 23.7 Å². The van der Waals surface area contributed by atoms with Crippen molar-refractivity contribution in [3.05, 3.63) is 70.8 Å². The molecule has 1 aromatic heterocycles. The fraction of sp³-hybridized carbons (Fsp3) is 0.280. The van der Waals surface area contributed by atoms with Gasteiger partial charge in [-0.1, -0.05) is 11.6 Å². The predicted molar refractivity (Wildman–Crippen MR) is 131 cm³/mol. The van der Waals surface area contributed by atoms with E-state index in [2.05, 4.69) is 10.3 Å². The SMILES string of the molecule is CCOc1c(Cl)cc(C=CC(=O)NC(c2cc(OC)cc(OC)c2)c2nccn2C)cc1OC. The molecular formula is C25H28ClN3O5. The van der Waals surface area contributed by atoms with Crippen LogP contribution >= 0.6 is 11.6 Å². The van der Waals surface area contributed by atoms with E-state index in [-0.39, 0.29) is 5.91 Å². The summed E-state index contributed by atoms with van der Waals surface area (Å²) < 4.78 is 23.6. The highest BCUT2D eigenvalue weighted by atomic mass is 35.5. The second kappa shape index (κ2) is 11.5. The standard InChI is InChI=1S/C25H28ClN3O5/c1-6-34-24-20(26)11-16(12-21(24)33-5)7-8-22(30)28-23(25-27-9-10-29(25)2)17-13-18(31-3)15-19(14-17)32-4/h7-15,23H,6H2,1-5H3,(H,28,30). The fourth-order valence-electron chi connectivity index (χ4n) is 3.43. The number of benzene rings is 2. The number of methoxy groups -OCH3 is 3. The van der Waals surface area contributed by atoms with Crippen molar-refractivity contribution in [1.82, 2.24) is 14.9 Å². The van der Waals surface area contributed by atoms with E-state index >= 15 is 0 Å². The Morgan fingerprint density at radius 3 is 2.38 bits per heavy atom. The van der Waals surface area contributed by atoms with Crippen LogP contribution < -0.4 is 24.3 Å². The van der Waals surface area contributed by atoms with Gasteiger partial charge in [-0.05, 0) is 48.4 Å². The number of nitrogens with one attached hydrogen (secondary N) is 1. The summed E-state index contributed by atoms with van der Waals surface area (Å²) in [5, 5.41) is 3.41. The Morgan fingerprint density at radius 1 is 1.12 bits per heavy atom. The van der Waals surface area contributed by atoms with Crippen molar-refractivity contribution in [3.8, 4) is 23.0 Å². The lowest BCUT2D eigenvalue weighted by molar-refractivity contribution is -0.117. The van der Waals surface area contributed by atoms with Gasteiger partial charge in [0.1, 0.15) is 23.4 Å². The van der Waals surface area contributed by atoms with Gasteiger partial charge in [0.15, 0.2) is 11.5 Å². The molecule has 0 aliphatic heterocycles. The minimum absolute atomic E-state index is 0.321. The molecule has 0 radical (unpaired) electrons. The van der Waals surface area contributed by atoms with Crippen LogP contribution in [0.4, 0.5) is 0 Å². The predicted octanol–water partition coefficient (Wildman–Crippen LogP) is 4.42. The second-order valence-corrected chi connectivity index (χ2v) is 7.69. The zero-order valence-corrected chi connectivity index (χ0v) is 20.6. The van der Waals surface area contributed by atoms with Crippen LogP contribution in [0.3, 0.4) is 0 Å². The number of aromatic nitrogens is 2. The monoisotopic (exact) mass is 485 g/mol. The maximum Gasteiger partial charge on any atom is 0.244 e. The van der Waals surface area contributed by atoms with Gasteiger partial charge in [-0.3, -0.25) is 4.79 Å². The number of nitrogens with zero attached hydrogens (tertiary/aromatic N) is 2. The highest BCUT2D eigenvalue weighted by Crippen LogP contribution is 2.37. The summed E-state index contributed by atoms with van der Waals surface area (Å²) in [5.74, 6) is 2.50. The summed E-state index contributed by atoms with van der Waals surface area (Å²) in [5.41, 5.74) is 1.45. The normalized spacial score (nSPS) is 11.8. The Bertz CT molecular complexity index is 1150. The minimum atomic E-state index is -0.542. The molecule has 0 fully saturated rings. The van der Waals surface area contributed by atoms with Crippen molar-refractivity contribution in [2.24, 2.45) is 7.05 Å². The third kappa shape index (κ3) is 5.82. The number of carbonyl (C=O) groups is 1. The summed E-state index contributed by atoms with van der Waals surface area (Å²) >= 11 is 6.34. The van der Waals surface area contributed by atoms with Crippen LogP contribution in [0, 0.1) is 0 Å². The smallest absolute Gasteiger partial charge is 0.244 e. The molecule has 1 heterocycles. The first kappa shape index (κ1) is 25.0. The molecule has 3 aromatic rings. The van der Waals surface area contributed by atoms with Gasteiger partial charge >= 0.3 is 0 Å². The van der Waals surface area contributed by atoms with E-state index in [0.717, 1.165) is 5.56 Å². The molecule has 0 saturated heterocycles. The van der Waals surface area contributed by atoms with Crippen molar-refractivity contribution in [1.29, 1.82) is 0 Å². The lowest BCUT2D eigenvalue weighted by Gasteiger charge is -2.20. The first-order valence-corrected chi connectivity index (χ1v) is 11.0. The van der Waals surface area contributed by atoms with Gasteiger partial charge in [-0.25, -0.2) is 4.98 Å². The first-order chi connectivity index (χ1) is 16.4. The number of imidazole rings is 1. The lowest BCUT2D eigenvalue weighted by Crippen LogP contribution is -2.29. The van der Waals surface area contributed by atoms with E-state index in [1.54, 1.807) is 44.7 Å². The van der Waals surface area contributed by atoms with Gasteiger partial charge < -0.3 is 28.8 Å². The number of hydrogen-bond acceptors (Lipinski definition) is 6. The zero-order valence-electron chi connectivity index (χ0n) is 19.8. The lowest BCUT2D eigenvalue weighted by atomic mass is 10.0. The van der Waals surface area contributed by atoms with E-state index in [1.807, 2.05) is 36.9 Å². The average Bonchev–Trinajstić information content (AvgIpc) is 3.27. The molecule has 3 rings (SSSR count). The van der Waals surface area contributed by atoms with E-state index in [0.29, 0.717) is 46.0 Å². The number of halogens is 1. The van der Waals surface area contributed by atoms with Gasteiger partial charge in [0, 0.05) is 31.6 Å². The Labute approximate surface area is 204 Å². The summed E-state index contributed by atoms with van der Waals surface area (Å²) in [6, 6.07) is 8.36.